The molecule has 0 radical (unpaired) electrons. The fourth-order valence-electron chi connectivity index (χ4n) is 1.68. The number of aromatic hydroxyl groups is 1. The van der Waals surface area contributed by atoms with Crippen molar-refractivity contribution in [3.05, 3.63) is 18.3 Å². The maximum absolute atomic E-state index is 9.50. The Balaban J connectivity index is 1.99. The van der Waals surface area contributed by atoms with E-state index in [1.807, 2.05) is 0 Å². The first-order chi connectivity index (χ1) is 6.86. The lowest BCUT2D eigenvalue weighted by Gasteiger charge is -2.24. The van der Waals surface area contributed by atoms with Crippen LogP contribution in [-0.2, 0) is 0 Å². The molecule has 1 aliphatic heterocycles. The van der Waals surface area contributed by atoms with Crippen LogP contribution >= 0.6 is 0 Å². The first-order valence-electron chi connectivity index (χ1n) is 4.97. The van der Waals surface area contributed by atoms with E-state index in [1.54, 1.807) is 18.3 Å². The molecule has 0 amide bonds. The van der Waals surface area contributed by atoms with E-state index in [4.69, 9.17) is 0 Å². The van der Waals surface area contributed by atoms with Crippen LogP contribution in [0.2, 0.25) is 0 Å². The highest BCUT2D eigenvalue weighted by Gasteiger charge is 2.13. The van der Waals surface area contributed by atoms with Crippen LogP contribution in [0.15, 0.2) is 18.3 Å². The zero-order valence-electron chi connectivity index (χ0n) is 8.03. The zero-order chi connectivity index (χ0) is 9.80. The van der Waals surface area contributed by atoms with Gasteiger partial charge in [0.25, 0.3) is 0 Å². The van der Waals surface area contributed by atoms with Gasteiger partial charge >= 0.3 is 0 Å². The molecule has 0 aromatic carbocycles. The summed E-state index contributed by atoms with van der Waals surface area (Å²) >= 11 is 0. The molecule has 1 aromatic rings. The Morgan fingerprint density at radius 2 is 2.50 bits per heavy atom. The second-order valence-electron chi connectivity index (χ2n) is 3.56. The molecule has 0 aliphatic carbocycles. The molecule has 1 fully saturated rings. The van der Waals surface area contributed by atoms with E-state index < -0.39 is 0 Å². The van der Waals surface area contributed by atoms with Gasteiger partial charge in [0, 0.05) is 18.8 Å². The van der Waals surface area contributed by atoms with Crippen LogP contribution in [0.5, 0.6) is 5.75 Å². The van der Waals surface area contributed by atoms with Crippen molar-refractivity contribution in [3.63, 3.8) is 0 Å². The summed E-state index contributed by atoms with van der Waals surface area (Å²) in [5.74, 6) is 0.805. The van der Waals surface area contributed by atoms with Crippen molar-refractivity contribution in [2.75, 3.05) is 18.4 Å². The molecule has 2 rings (SSSR count). The topological polar surface area (TPSA) is 57.2 Å². The van der Waals surface area contributed by atoms with Crippen molar-refractivity contribution in [2.24, 2.45) is 0 Å². The van der Waals surface area contributed by atoms with Crippen molar-refractivity contribution >= 4 is 5.82 Å². The summed E-state index contributed by atoms with van der Waals surface area (Å²) in [7, 11) is 0. The quantitative estimate of drug-likeness (QED) is 0.654. The Bertz CT molecular complexity index is 297. The van der Waals surface area contributed by atoms with Gasteiger partial charge in [-0.3, -0.25) is 0 Å². The molecule has 4 nitrogen and oxygen atoms in total. The van der Waals surface area contributed by atoms with Gasteiger partial charge in [-0.25, -0.2) is 4.98 Å². The third-order valence-electron chi connectivity index (χ3n) is 2.42. The minimum Gasteiger partial charge on any atom is -0.504 e. The van der Waals surface area contributed by atoms with Gasteiger partial charge < -0.3 is 15.7 Å². The predicted molar refractivity (Wildman–Crippen MR) is 55.4 cm³/mol. The normalized spacial score (nSPS) is 21.9. The van der Waals surface area contributed by atoms with Crippen LogP contribution in [0.1, 0.15) is 12.8 Å². The van der Waals surface area contributed by atoms with Gasteiger partial charge in [-0.15, -0.1) is 0 Å². The van der Waals surface area contributed by atoms with Crippen LogP contribution in [-0.4, -0.2) is 29.2 Å². The highest BCUT2D eigenvalue weighted by Crippen LogP contribution is 2.20. The maximum Gasteiger partial charge on any atom is 0.168 e. The molecule has 1 unspecified atom stereocenters. The van der Waals surface area contributed by atoms with Crippen LogP contribution in [0.4, 0.5) is 5.82 Å². The number of nitrogens with one attached hydrogen (secondary N) is 2. The summed E-state index contributed by atoms with van der Waals surface area (Å²) in [6.07, 6.45) is 3.98. The fraction of sp³-hybridized carbons (Fsp3) is 0.500. The lowest BCUT2D eigenvalue weighted by atomic mass is 10.1. The van der Waals surface area contributed by atoms with E-state index in [0.29, 0.717) is 11.9 Å². The standard InChI is InChI=1S/C10H15N3O/c14-9-4-2-6-12-10(9)13-8-3-1-5-11-7-8/h2,4,6,8,11,14H,1,3,5,7H2,(H,12,13). The number of hydrogen-bond donors (Lipinski definition) is 3. The van der Waals surface area contributed by atoms with Crippen molar-refractivity contribution in [1.29, 1.82) is 0 Å². The molecule has 0 bridgehead atoms. The number of nitrogens with zero attached hydrogens (tertiary/aromatic N) is 1. The molecule has 1 aliphatic rings. The molecule has 0 spiro atoms. The van der Waals surface area contributed by atoms with E-state index >= 15 is 0 Å². The second-order valence-corrected chi connectivity index (χ2v) is 3.56. The maximum atomic E-state index is 9.50. The molecule has 14 heavy (non-hydrogen) atoms. The molecule has 76 valence electrons. The number of rotatable bonds is 2. The summed E-state index contributed by atoms with van der Waals surface area (Å²) in [6, 6.07) is 3.75. The minimum absolute atomic E-state index is 0.220. The van der Waals surface area contributed by atoms with Crippen LogP contribution in [0.3, 0.4) is 0 Å². The zero-order valence-corrected chi connectivity index (χ0v) is 8.03. The molecule has 1 atom stereocenters. The number of pyridine rings is 1. The van der Waals surface area contributed by atoms with Gasteiger partial charge in [-0.1, -0.05) is 0 Å². The Hall–Kier alpha value is -1.29. The molecular formula is C10H15N3O. The van der Waals surface area contributed by atoms with Crippen molar-refractivity contribution in [2.45, 2.75) is 18.9 Å². The number of aromatic nitrogens is 1. The van der Waals surface area contributed by atoms with E-state index in [0.717, 1.165) is 19.5 Å². The van der Waals surface area contributed by atoms with Gasteiger partial charge in [0.2, 0.25) is 0 Å². The first-order valence-corrected chi connectivity index (χ1v) is 4.97. The molecule has 1 aromatic heterocycles. The SMILES string of the molecule is Oc1cccnc1NC1CCCNC1. The fourth-order valence-corrected chi connectivity index (χ4v) is 1.68. The number of piperidine rings is 1. The molecular weight excluding hydrogens is 178 g/mol. The lowest BCUT2D eigenvalue weighted by Crippen LogP contribution is -2.38. The second kappa shape index (κ2) is 4.28. The van der Waals surface area contributed by atoms with E-state index in [-0.39, 0.29) is 5.75 Å². The summed E-state index contributed by atoms with van der Waals surface area (Å²) in [6.45, 7) is 2.03. The smallest absolute Gasteiger partial charge is 0.168 e. The highest BCUT2D eigenvalue weighted by molar-refractivity contribution is 5.49. The monoisotopic (exact) mass is 193 g/mol. The van der Waals surface area contributed by atoms with Gasteiger partial charge in [0.05, 0.1) is 0 Å². The third kappa shape index (κ3) is 2.14. The van der Waals surface area contributed by atoms with E-state index in [1.165, 1.54) is 6.42 Å². The van der Waals surface area contributed by atoms with Gasteiger partial charge in [-0.2, -0.15) is 0 Å². The Kier molecular flexibility index (Phi) is 2.84. The summed E-state index contributed by atoms with van der Waals surface area (Å²) in [5.41, 5.74) is 0. The summed E-state index contributed by atoms with van der Waals surface area (Å²) < 4.78 is 0. The van der Waals surface area contributed by atoms with Crippen LogP contribution in [0, 0.1) is 0 Å². The predicted octanol–water partition coefficient (Wildman–Crippen LogP) is 0.951. The number of hydrogen-bond acceptors (Lipinski definition) is 4. The van der Waals surface area contributed by atoms with Crippen molar-refractivity contribution < 1.29 is 5.11 Å². The van der Waals surface area contributed by atoms with E-state index in [2.05, 4.69) is 15.6 Å². The van der Waals surface area contributed by atoms with Gasteiger partial charge in [0.15, 0.2) is 11.6 Å². The average molecular weight is 193 g/mol. The largest absolute Gasteiger partial charge is 0.504 e. The molecule has 0 saturated carbocycles. The summed E-state index contributed by atoms with van der Waals surface area (Å²) in [5, 5.41) is 16.0. The average Bonchev–Trinajstić information content (AvgIpc) is 2.23. The van der Waals surface area contributed by atoms with Crippen LogP contribution < -0.4 is 10.6 Å². The van der Waals surface area contributed by atoms with Gasteiger partial charge in [0.1, 0.15) is 0 Å². The third-order valence-corrected chi connectivity index (χ3v) is 2.42. The van der Waals surface area contributed by atoms with Crippen LogP contribution in [0.25, 0.3) is 0 Å². The highest BCUT2D eigenvalue weighted by atomic mass is 16.3. The molecule has 4 heteroatoms. The molecule has 3 N–H and O–H groups in total. The Labute approximate surface area is 83.4 Å². The summed E-state index contributed by atoms with van der Waals surface area (Å²) in [4.78, 5) is 4.08. The Morgan fingerprint density at radius 1 is 1.57 bits per heavy atom. The van der Waals surface area contributed by atoms with Gasteiger partial charge in [-0.05, 0) is 31.5 Å². The van der Waals surface area contributed by atoms with E-state index in [9.17, 15) is 5.11 Å². The van der Waals surface area contributed by atoms with Crippen molar-refractivity contribution in [1.82, 2.24) is 10.3 Å². The molecule has 2 heterocycles. The number of anilines is 1. The molecule has 1 saturated heterocycles. The first kappa shape index (κ1) is 9.27. The minimum atomic E-state index is 0.220. The lowest BCUT2D eigenvalue weighted by molar-refractivity contribution is 0.460. The van der Waals surface area contributed by atoms with Crippen molar-refractivity contribution in [3.8, 4) is 5.75 Å². The Morgan fingerprint density at radius 3 is 3.21 bits per heavy atom.